The Hall–Kier alpha value is -0.610. The predicted molar refractivity (Wildman–Crippen MR) is 71.3 cm³/mol. The van der Waals surface area contributed by atoms with Gasteiger partial charge in [-0.15, -0.1) is 0 Å². The van der Waals surface area contributed by atoms with Crippen molar-refractivity contribution in [2.45, 2.75) is 45.6 Å². The summed E-state index contributed by atoms with van der Waals surface area (Å²) in [6.45, 7) is 7.73. The molecule has 0 aliphatic rings. The van der Waals surface area contributed by atoms with Crippen LogP contribution in [0, 0.1) is 5.92 Å². The third-order valence-corrected chi connectivity index (χ3v) is 3.43. The maximum atomic E-state index is 11.5. The first-order valence-electron chi connectivity index (χ1n) is 6.51. The number of carbonyl (C=O) groups is 1. The van der Waals surface area contributed by atoms with E-state index in [1.807, 2.05) is 21.0 Å². The molecule has 4 nitrogen and oxygen atoms in total. The summed E-state index contributed by atoms with van der Waals surface area (Å²) in [5, 5.41) is 12.7. The fourth-order valence-electron chi connectivity index (χ4n) is 1.91. The van der Waals surface area contributed by atoms with Crippen LogP contribution in [0.3, 0.4) is 0 Å². The average molecular weight is 244 g/mol. The van der Waals surface area contributed by atoms with Gasteiger partial charge in [-0.3, -0.25) is 4.79 Å². The summed E-state index contributed by atoms with van der Waals surface area (Å²) in [6, 6.07) is 0. The number of rotatable bonds is 9. The lowest BCUT2D eigenvalue weighted by Crippen LogP contribution is -2.54. The molecule has 2 atom stereocenters. The van der Waals surface area contributed by atoms with Crippen molar-refractivity contribution in [1.82, 2.24) is 10.2 Å². The van der Waals surface area contributed by atoms with Crippen LogP contribution in [0.15, 0.2) is 0 Å². The lowest BCUT2D eigenvalue weighted by atomic mass is 9.84. The summed E-state index contributed by atoms with van der Waals surface area (Å²) in [4.78, 5) is 13.6. The molecule has 0 bridgehead atoms. The smallest absolute Gasteiger partial charge is 0.323 e. The number of likely N-dealkylation sites (N-methyl/N-ethyl adjacent to an activating group) is 1. The Labute approximate surface area is 105 Å². The Balaban J connectivity index is 4.53. The summed E-state index contributed by atoms with van der Waals surface area (Å²) in [5.74, 6) is -0.294. The third-order valence-electron chi connectivity index (χ3n) is 3.43. The van der Waals surface area contributed by atoms with Crippen LogP contribution >= 0.6 is 0 Å². The van der Waals surface area contributed by atoms with Gasteiger partial charge in [0, 0.05) is 13.1 Å². The zero-order valence-corrected chi connectivity index (χ0v) is 11.9. The molecule has 0 spiro atoms. The summed E-state index contributed by atoms with van der Waals surface area (Å²) >= 11 is 0. The molecule has 17 heavy (non-hydrogen) atoms. The molecule has 0 radical (unpaired) electrons. The van der Waals surface area contributed by atoms with E-state index < -0.39 is 11.5 Å². The van der Waals surface area contributed by atoms with Crippen LogP contribution in [0.4, 0.5) is 0 Å². The highest BCUT2D eigenvalue weighted by Crippen LogP contribution is 2.23. The first-order chi connectivity index (χ1) is 7.88. The van der Waals surface area contributed by atoms with Crippen molar-refractivity contribution in [2.24, 2.45) is 5.92 Å². The molecule has 0 rings (SSSR count). The number of hydrogen-bond donors (Lipinski definition) is 2. The Bertz CT molecular complexity index is 231. The van der Waals surface area contributed by atoms with E-state index in [2.05, 4.69) is 24.1 Å². The van der Waals surface area contributed by atoms with Gasteiger partial charge in [0.1, 0.15) is 5.54 Å². The highest BCUT2D eigenvalue weighted by Gasteiger charge is 2.36. The molecule has 0 aromatic rings. The third kappa shape index (κ3) is 5.50. The van der Waals surface area contributed by atoms with Gasteiger partial charge in [0.15, 0.2) is 0 Å². The Morgan fingerprint density at radius 1 is 1.41 bits per heavy atom. The van der Waals surface area contributed by atoms with E-state index in [0.29, 0.717) is 25.3 Å². The van der Waals surface area contributed by atoms with Crippen molar-refractivity contribution in [3.63, 3.8) is 0 Å². The van der Waals surface area contributed by atoms with Crippen LogP contribution in [0.5, 0.6) is 0 Å². The monoisotopic (exact) mass is 244 g/mol. The van der Waals surface area contributed by atoms with Gasteiger partial charge >= 0.3 is 5.97 Å². The van der Waals surface area contributed by atoms with E-state index in [9.17, 15) is 9.90 Å². The minimum absolute atomic E-state index is 0.429. The summed E-state index contributed by atoms with van der Waals surface area (Å²) in [6.07, 6.45) is 2.34. The zero-order valence-electron chi connectivity index (χ0n) is 11.9. The fourth-order valence-corrected chi connectivity index (χ4v) is 1.91. The van der Waals surface area contributed by atoms with E-state index in [1.54, 1.807) is 0 Å². The van der Waals surface area contributed by atoms with Crippen LogP contribution in [-0.2, 0) is 4.79 Å². The van der Waals surface area contributed by atoms with Gasteiger partial charge in [0.05, 0.1) is 0 Å². The molecule has 0 saturated heterocycles. The van der Waals surface area contributed by atoms with Crippen molar-refractivity contribution < 1.29 is 9.90 Å². The van der Waals surface area contributed by atoms with Crippen molar-refractivity contribution in [1.29, 1.82) is 0 Å². The fraction of sp³-hybridized carbons (Fsp3) is 0.923. The summed E-state index contributed by atoms with van der Waals surface area (Å²) < 4.78 is 0. The Morgan fingerprint density at radius 2 is 2.00 bits per heavy atom. The van der Waals surface area contributed by atoms with Crippen molar-refractivity contribution in [2.75, 3.05) is 27.2 Å². The molecule has 102 valence electrons. The normalized spacial score (nSPS) is 16.8. The molecular weight excluding hydrogens is 216 g/mol. The van der Waals surface area contributed by atoms with Crippen LogP contribution in [0.2, 0.25) is 0 Å². The summed E-state index contributed by atoms with van der Waals surface area (Å²) in [5.41, 5.74) is -0.758. The number of hydrogen-bond acceptors (Lipinski definition) is 3. The number of carboxylic acids is 1. The van der Waals surface area contributed by atoms with Gasteiger partial charge in [0.2, 0.25) is 0 Å². The van der Waals surface area contributed by atoms with Crippen molar-refractivity contribution in [3.8, 4) is 0 Å². The standard InChI is InChI=1S/C13H28N2O2/c1-6-11(3)10-13(7-2,12(16)17)14-8-9-15(4)5/h11,14H,6-10H2,1-5H3,(H,16,17). The lowest BCUT2D eigenvalue weighted by molar-refractivity contribution is -0.146. The molecule has 2 unspecified atom stereocenters. The van der Waals surface area contributed by atoms with Gasteiger partial charge in [-0.05, 0) is 32.9 Å². The summed E-state index contributed by atoms with van der Waals surface area (Å²) in [7, 11) is 3.98. The Kier molecular flexibility index (Phi) is 7.39. The number of aliphatic carboxylic acids is 1. The maximum absolute atomic E-state index is 11.5. The lowest BCUT2D eigenvalue weighted by Gasteiger charge is -2.32. The molecule has 0 aromatic carbocycles. The average Bonchev–Trinajstić information content (AvgIpc) is 2.26. The minimum atomic E-state index is -0.758. The van der Waals surface area contributed by atoms with Crippen LogP contribution in [0.1, 0.15) is 40.0 Å². The van der Waals surface area contributed by atoms with Crippen molar-refractivity contribution in [3.05, 3.63) is 0 Å². The first-order valence-corrected chi connectivity index (χ1v) is 6.51. The number of nitrogens with zero attached hydrogens (tertiary/aromatic N) is 1. The van der Waals surface area contributed by atoms with E-state index in [-0.39, 0.29) is 0 Å². The second kappa shape index (κ2) is 7.67. The predicted octanol–water partition coefficient (Wildman–Crippen LogP) is 1.81. The molecule has 0 fully saturated rings. The quantitative estimate of drug-likeness (QED) is 0.649. The van der Waals surface area contributed by atoms with Gasteiger partial charge in [-0.25, -0.2) is 0 Å². The SMILES string of the molecule is CCC(C)CC(CC)(NCCN(C)C)C(=O)O. The topological polar surface area (TPSA) is 52.6 Å². The molecule has 0 aliphatic carbocycles. The van der Waals surface area contributed by atoms with Gasteiger partial charge < -0.3 is 15.3 Å². The number of nitrogens with one attached hydrogen (secondary N) is 1. The van der Waals surface area contributed by atoms with Crippen LogP contribution in [0.25, 0.3) is 0 Å². The van der Waals surface area contributed by atoms with Crippen molar-refractivity contribution >= 4 is 5.97 Å². The van der Waals surface area contributed by atoms with E-state index in [4.69, 9.17) is 0 Å². The second-order valence-corrected chi connectivity index (χ2v) is 5.19. The van der Waals surface area contributed by atoms with Gasteiger partial charge in [-0.2, -0.15) is 0 Å². The molecule has 0 amide bonds. The highest BCUT2D eigenvalue weighted by atomic mass is 16.4. The van der Waals surface area contributed by atoms with E-state index in [0.717, 1.165) is 13.0 Å². The largest absolute Gasteiger partial charge is 0.480 e. The molecule has 0 aliphatic heterocycles. The van der Waals surface area contributed by atoms with Crippen LogP contribution < -0.4 is 5.32 Å². The maximum Gasteiger partial charge on any atom is 0.323 e. The molecule has 0 aromatic heterocycles. The molecule has 4 heteroatoms. The van der Waals surface area contributed by atoms with E-state index >= 15 is 0 Å². The zero-order chi connectivity index (χ0) is 13.5. The van der Waals surface area contributed by atoms with Gasteiger partial charge in [0.25, 0.3) is 0 Å². The van der Waals surface area contributed by atoms with Crippen LogP contribution in [-0.4, -0.2) is 48.7 Å². The Morgan fingerprint density at radius 3 is 2.35 bits per heavy atom. The second-order valence-electron chi connectivity index (χ2n) is 5.19. The highest BCUT2D eigenvalue weighted by molar-refractivity contribution is 5.78. The minimum Gasteiger partial charge on any atom is -0.480 e. The number of carboxylic acid groups (broad SMARTS) is 1. The first kappa shape index (κ1) is 16.4. The molecule has 2 N–H and O–H groups in total. The molecule has 0 heterocycles. The van der Waals surface area contributed by atoms with Gasteiger partial charge in [-0.1, -0.05) is 27.2 Å². The molecular formula is C13H28N2O2. The van der Waals surface area contributed by atoms with E-state index in [1.165, 1.54) is 0 Å². The molecule has 0 saturated carbocycles.